The number of alkyl halides is 3. The fraction of sp³-hybridized carbons (Fsp3) is 0.458. The van der Waals surface area contributed by atoms with Gasteiger partial charge in [-0.3, -0.25) is 14.5 Å². The lowest BCUT2D eigenvalue weighted by Crippen LogP contribution is -2.49. The molecule has 3 aromatic rings. The van der Waals surface area contributed by atoms with Gasteiger partial charge in [0.1, 0.15) is 17.4 Å². The number of hydrogen-bond acceptors (Lipinski definition) is 7. The highest BCUT2D eigenvalue weighted by Crippen LogP contribution is 2.37. The first-order valence-electron chi connectivity index (χ1n) is 11.8. The lowest BCUT2D eigenvalue weighted by Gasteiger charge is -2.37. The number of pyridine rings is 1. The molecule has 190 valence electrons. The molecule has 9 nitrogen and oxygen atoms in total. The van der Waals surface area contributed by atoms with Crippen molar-refractivity contribution >= 4 is 23.4 Å². The van der Waals surface area contributed by atoms with E-state index in [1.165, 1.54) is 12.3 Å². The Kier molecular flexibility index (Phi) is 5.84. The van der Waals surface area contributed by atoms with Gasteiger partial charge in [0.05, 0.1) is 24.5 Å². The molecule has 0 spiro atoms. The first kappa shape index (κ1) is 24.0. The minimum absolute atomic E-state index is 0.0543. The van der Waals surface area contributed by atoms with E-state index in [0.717, 1.165) is 30.2 Å². The molecule has 2 N–H and O–H groups in total. The standard InChI is InChI=1S/C24H27F3N8O/c1-12(2)20-22(36)32-19-13(3)30-23(33-21(19)34(20)4)31-16-6-7-17-15(16)10-29-35(17)11-14-5-8-18(28-9-14)24(25,26)27/h5,8-10,12,16,20H,6-7,11H2,1-4H3,(H,32,36)(H,30,31,33)/t16-,20-/m0/s1. The number of aryl methyl sites for hydroxylation is 1. The van der Waals surface area contributed by atoms with Crippen LogP contribution < -0.4 is 15.5 Å². The summed E-state index contributed by atoms with van der Waals surface area (Å²) in [5.74, 6) is 1.18. The molecule has 1 aliphatic heterocycles. The van der Waals surface area contributed by atoms with Crippen LogP contribution in [0.2, 0.25) is 0 Å². The van der Waals surface area contributed by atoms with Crippen LogP contribution >= 0.6 is 0 Å². The molecule has 0 radical (unpaired) electrons. The average Bonchev–Trinajstić information content (AvgIpc) is 3.38. The van der Waals surface area contributed by atoms with Crippen LogP contribution in [0.5, 0.6) is 0 Å². The van der Waals surface area contributed by atoms with Gasteiger partial charge in [-0.25, -0.2) is 4.98 Å². The minimum Gasteiger partial charge on any atom is -0.347 e. The Morgan fingerprint density at radius 1 is 1.22 bits per heavy atom. The van der Waals surface area contributed by atoms with E-state index in [2.05, 4.69) is 25.7 Å². The monoisotopic (exact) mass is 500 g/mol. The minimum atomic E-state index is -4.46. The van der Waals surface area contributed by atoms with Gasteiger partial charge in [-0.15, -0.1) is 0 Å². The van der Waals surface area contributed by atoms with Crippen molar-refractivity contribution in [2.24, 2.45) is 5.92 Å². The fourth-order valence-corrected chi connectivity index (χ4v) is 5.01. The van der Waals surface area contributed by atoms with Gasteiger partial charge in [0.15, 0.2) is 5.82 Å². The number of fused-ring (bicyclic) bond motifs is 2. The summed E-state index contributed by atoms with van der Waals surface area (Å²) >= 11 is 0. The summed E-state index contributed by atoms with van der Waals surface area (Å²) in [5, 5.41) is 10.8. The summed E-state index contributed by atoms with van der Waals surface area (Å²) < 4.78 is 40.2. The van der Waals surface area contributed by atoms with Crippen LogP contribution in [0.25, 0.3) is 0 Å². The third-order valence-electron chi connectivity index (χ3n) is 6.75. The van der Waals surface area contributed by atoms with E-state index in [4.69, 9.17) is 4.98 Å². The maximum Gasteiger partial charge on any atom is 0.433 e. The number of likely N-dealkylation sites (N-methyl/N-ethyl adjacent to an activating group) is 1. The van der Waals surface area contributed by atoms with Crippen LogP contribution in [0, 0.1) is 12.8 Å². The summed E-state index contributed by atoms with van der Waals surface area (Å²) in [6.45, 7) is 6.17. The van der Waals surface area contributed by atoms with Crippen molar-refractivity contribution in [3.8, 4) is 0 Å². The lowest BCUT2D eigenvalue weighted by molar-refractivity contribution is -0.141. The van der Waals surface area contributed by atoms with Crippen molar-refractivity contribution in [1.29, 1.82) is 0 Å². The zero-order chi connectivity index (χ0) is 25.8. The van der Waals surface area contributed by atoms with Crippen LogP contribution in [0.3, 0.4) is 0 Å². The molecular formula is C24H27F3N8O. The van der Waals surface area contributed by atoms with Crippen molar-refractivity contribution in [1.82, 2.24) is 24.7 Å². The summed E-state index contributed by atoms with van der Waals surface area (Å²) in [7, 11) is 1.87. The van der Waals surface area contributed by atoms with Gasteiger partial charge in [0, 0.05) is 24.5 Å². The van der Waals surface area contributed by atoms with E-state index >= 15 is 0 Å². The number of hydrogen-bond donors (Lipinski definition) is 2. The molecule has 1 amide bonds. The SMILES string of the molecule is Cc1nc(N[C@H]2CCc3c2cnn3Cc2ccc(C(F)(F)F)nc2)nc2c1NC(=O)[C@H](C(C)C)N2C. The molecule has 0 saturated heterocycles. The van der Waals surface area contributed by atoms with Gasteiger partial charge >= 0.3 is 6.18 Å². The number of rotatable bonds is 5. The molecule has 12 heteroatoms. The Balaban J connectivity index is 1.34. The van der Waals surface area contributed by atoms with Crippen LogP contribution in [0.1, 0.15) is 54.5 Å². The molecular weight excluding hydrogens is 473 g/mol. The van der Waals surface area contributed by atoms with Crippen molar-refractivity contribution in [2.75, 3.05) is 22.6 Å². The van der Waals surface area contributed by atoms with Crippen LogP contribution in [-0.2, 0) is 23.9 Å². The largest absolute Gasteiger partial charge is 0.433 e. The van der Waals surface area contributed by atoms with Gasteiger partial charge in [0.2, 0.25) is 11.9 Å². The summed E-state index contributed by atoms with van der Waals surface area (Å²) in [4.78, 5) is 27.3. The van der Waals surface area contributed by atoms with Gasteiger partial charge in [-0.1, -0.05) is 19.9 Å². The number of carbonyl (C=O) groups is 1. The Bertz CT molecular complexity index is 1300. The van der Waals surface area contributed by atoms with Crippen molar-refractivity contribution in [3.63, 3.8) is 0 Å². The summed E-state index contributed by atoms with van der Waals surface area (Å²) in [6.07, 6.45) is 0.127. The van der Waals surface area contributed by atoms with Crippen LogP contribution in [0.4, 0.5) is 30.6 Å². The first-order chi connectivity index (χ1) is 17.0. The lowest BCUT2D eigenvalue weighted by atomic mass is 9.99. The molecule has 0 saturated carbocycles. The number of amides is 1. The van der Waals surface area contributed by atoms with Crippen molar-refractivity contribution in [3.05, 3.63) is 52.7 Å². The van der Waals surface area contributed by atoms with Gasteiger partial charge in [-0.2, -0.15) is 23.3 Å². The van der Waals surface area contributed by atoms with Crippen LogP contribution in [-0.4, -0.2) is 43.7 Å². The Morgan fingerprint density at radius 2 is 2.00 bits per heavy atom. The number of nitrogens with zero attached hydrogens (tertiary/aromatic N) is 6. The first-order valence-corrected chi connectivity index (χ1v) is 11.8. The summed E-state index contributed by atoms with van der Waals surface area (Å²) in [6, 6.07) is 2.04. The van der Waals surface area contributed by atoms with E-state index in [-0.39, 0.29) is 23.9 Å². The number of aromatic nitrogens is 5. The fourth-order valence-electron chi connectivity index (χ4n) is 5.01. The number of nitrogens with one attached hydrogen (secondary N) is 2. The second-order valence-corrected chi connectivity index (χ2v) is 9.61. The topological polar surface area (TPSA) is 101 Å². The predicted molar refractivity (Wildman–Crippen MR) is 128 cm³/mol. The highest BCUT2D eigenvalue weighted by atomic mass is 19.4. The van der Waals surface area contributed by atoms with E-state index in [1.54, 1.807) is 10.9 Å². The number of halogens is 3. The van der Waals surface area contributed by atoms with Crippen molar-refractivity contribution in [2.45, 2.75) is 58.4 Å². The number of carbonyl (C=O) groups excluding carboxylic acids is 1. The third-order valence-corrected chi connectivity index (χ3v) is 6.75. The number of anilines is 3. The molecule has 1 aliphatic carbocycles. The smallest absolute Gasteiger partial charge is 0.347 e. The highest BCUT2D eigenvalue weighted by Gasteiger charge is 2.36. The molecule has 2 aliphatic rings. The predicted octanol–water partition coefficient (Wildman–Crippen LogP) is 3.96. The van der Waals surface area contributed by atoms with E-state index in [0.29, 0.717) is 35.3 Å². The Labute approximate surface area is 206 Å². The maximum atomic E-state index is 12.8. The van der Waals surface area contributed by atoms with Gasteiger partial charge in [-0.05, 0) is 37.3 Å². The second kappa shape index (κ2) is 8.75. The molecule has 0 unspecified atom stereocenters. The zero-order valence-corrected chi connectivity index (χ0v) is 20.4. The molecule has 0 bridgehead atoms. The van der Waals surface area contributed by atoms with Crippen molar-refractivity contribution < 1.29 is 18.0 Å². The zero-order valence-electron chi connectivity index (χ0n) is 20.4. The second-order valence-electron chi connectivity index (χ2n) is 9.61. The molecule has 4 heterocycles. The third kappa shape index (κ3) is 4.24. The molecule has 0 fully saturated rings. The highest BCUT2D eigenvalue weighted by molar-refractivity contribution is 6.03. The maximum absolute atomic E-state index is 12.8. The Hall–Kier alpha value is -3.70. The van der Waals surface area contributed by atoms with Gasteiger partial charge < -0.3 is 15.5 Å². The van der Waals surface area contributed by atoms with Gasteiger partial charge in [0.25, 0.3) is 0 Å². The molecule has 3 aromatic heterocycles. The molecule has 5 rings (SSSR count). The molecule has 2 atom stereocenters. The molecule has 0 aromatic carbocycles. The average molecular weight is 501 g/mol. The van der Waals surface area contributed by atoms with E-state index in [1.807, 2.05) is 32.7 Å². The quantitative estimate of drug-likeness (QED) is 0.547. The van der Waals surface area contributed by atoms with E-state index in [9.17, 15) is 18.0 Å². The van der Waals surface area contributed by atoms with E-state index < -0.39 is 11.9 Å². The Morgan fingerprint density at radius 3 is 2.67 bits per heavy atom. The van der Waals surface area contributed by atoms with Crippen LogP contribution in [0.15, 0.2) is 24.5 Å². The normalized spacial score (nSPS) is 19.3. The summed E-state index contributed by atoms with van der Waals surface area (Å²) in [5.41, 5.74) is 3.06. The molecule has 36 heavy (non-hydrogen) atoms.